The monoisotopic (exact) mass is 343 g/mol. The Hall–Kier alpha value is -2.69. The summed E-state index contributed by atoms with van der Waals surface area (Å²) in [6, 6.07) is 14.9. The minimum atomic E-state index is -1.06. The van der Waals surface area contributed by atoms with E-state index in [9.17, 15) is 19.1 Å². The molecule has 0 aliphatic carbocycles. The van der Waals surface area contributed by atoms with Crippen LogP contribution in [0.25, 0.3) is 0 Å². The molecule has 1 atom stereocenters. The normalized spacial score (nSPS) is 12.4. The Bertz CT molecular complexity index is 726. The van der Waals surface area contributed by atoms with Gasteiger partial charge in [-0.25, -0.2) is 4.39 Å². The molecule has 0 heterocycles. The number of carbonyl (C=O) groups excluding carboxylic acids is 1. The molecule has 5 heteroatoms. The largest absolute Gasteiger partial charge is 0.481 e. The molecule has 0 saturated carbocycles. The second-order valence-electron chi connectivity index (χ2n) is 6.70. The number of carboxylic acid groups (broad SMARTS) is 1. The number of hydrogen-bond donors (Lipinski definition) is 2. The van der Waals surface area contributed by atoms with Crippen LogP contribution in [0, 0.1) is 11.2 Å². The molecule has 0 aliphatic rings. The molecule has 0 spiro atoms. The zero-order chi connectivity index (χ0) is 18.4. The number of hydrogen-bond acceptors (Lipinski definition) is 2. The molecule has 0 bridgehead atoms. The molecule has 0 aliphatic heterocycles. The van der Waals surface area contributed by atoms with E-state index in [0.29, 0.717) is 12.0 Å². The summed E-state index contributed by atoms with van der Waals surface area (Å²) in [5.74, 6) is -2.63. The minimum Gasteiger partial charge on any atom is -0.481 e. The smallest absolute Gasteiger partial charge is 0.312 e. The summed E-state index contributed by atoms with van der Waals surface area (Å²) in [4.78, 5) is 24.0. The van der Waals surface area contributed by atoms with Crippen molar-refractivity contribution in [2.75, 3.05) is 6.54 Å². The lowest BCUT2D eigenvalue weighted by Crippen LogP contribution is -2.41. The van der Waals surface area contributed by atoms with Crippen LogP contribution in [-0.4, -0.2) is 23.5 Å². The fraction of sp³-hybridized carbons (Fsp3) is 0.300. The summed E-state index contributed by atoms with van der Waals surface area (Å²) in [6.45, 7) is 3.60. The Kier molecular flexibility index (Phi) is 5.91. The molecule has 2 rings (SSSR count). The van der Waals surface area contributed by atoms with Crippen LogP contribution in [-0.2, 0) is 16.0 Å². The molecule has 4 nitrogen and oxygen atoms in total. The van der Waals surface area contributed by atoms with Crippen molar-refractivity contribution in [3.63, 3.8) is 0 Å². The molecule has 2 aromatic rings. The first-order chi connectivity index (χ1) is 11.8. The van der Waals surface area contributed by atoms with Gasteiger partial charge in [-0.15, -0.1) is 0 Å². The number of rotatable bonds is 7. The number of benzene rings is 2. The van der Waals surface area contributed by atoms with Crippen molar-refractivity contribution in [3.05, 3.63) is 71.5 Å². The van der Waals surface area contributed by atoms with Gasteiger partial charge in [-0.3, -0.25) is 9.59 Å². The van der Waals surface area contributed by atoms with E-state index in [1.54, 1.807) is 0 Å². The summed E-state index contributed by atoms with van der Waals surface area (Å²) < 4.78 is 13.0. The van der Waals surface area contributed by atoms with Crippen LogP contribution in [0.5, 0.6) is 0 Å². The quantitative estimate of drug-likeness (QED) is 0.810. The van der Waals surface area contributed by atoms with E-state index in [4.69, 9.17) is 0 Å². The lowest BCUT2D eigenvalue weighted by atomic mass is 9.84. The second kappa shape index (κ2) is 7.92. The molecule has 25 heavy (non-hydrogen) atoms. The maximum atomic E-state index is 13.0. The maximum absolute atomic E-state index is 13.0. The number of aliphatic carboxylic acids is 1. The van der Waals surface area contributed by atoms with Crippen LogP contribution < -0.4 is 5.32 Å². The topological polar surface area (TPSA) is 66.4 Å². The Morgan fingerprint density at radius 1 is 1.08 bits per heavy atom. The summed E-state index contributed by atoms with van der Waals surface area (Å²) in [7, 11) is 0. The van der Waals surface area contributed by atoms with Gasteiger partial charge in [0.2, 0.25) is 5.91 Å². The first-order valence-electron chi connectivity index (χ1n) is 8.10. The molecule has 2 aromatic carbocycles. The predicted molar refractivity (Wildman–Crippen MR) is 93.7 cm³/mol. The van der Waals surface area contributed by atoms with Crippen molar-refractivity contribution in [1.29, 1.82) is 0 Å². The second-order valence-corrected chi connectivity index (χ2v) is 6.70. The lowest BCUT2D eigenvalue weighted by Gasteiger charge is -2.25. The highest BCUT2D eigenvalue weighted by Gasteiger charge is 2.29. The first-order valence-corrected chi connectivity index (χ1v) is 8.10. The van der Waals surface area contributed by atoms with Crippen LogP contribution >= 0.6 is 0 Å². The van der Waals surface area contributed by atoms with Gasteiger partial charge in [-0.1, -0.05) is 56.3 Å². The molecule has 1 amide bonds. The standard InChI is InChI=1S/C20H22FNO3/c1-20(2,12-14-6-4-3-5-7-14)19(25)22-13-17(18(23)24)15-8-10-16(21)11-9-15/h3-11,17H,12-13H2,1-2H3,(H,22,25)(H,23,24). The van der Waals surface area contributed by atoms with Crippen LogP contribution in [0.4, 0.5) is 4.39 Å². The molecular formula is C20H22FNO3. The highest BCUT2D eigenvalue weighted by Crippen LogP contribution is 2.23. The van der Waals surface area contributed by atoms with Crippen molar-refractivity contribution in [2.45, 2.75) is 26.2 Å². The summed E-state index contributed by atoms with van der Waals surface area (Å²) in [6.07, 6.45) is 0.550. The number of carboxylic acids is 1. The van der Waals surface area contributed by atoms with Crippen molar-refractivity contribution in [3.8, 4) is 0 Å². The number of halogens is 1. The van der Waals surface area contributed by atoms with Gasteiger partial charge in [0.05, 0.1) is 5.92 Å². The van der Waals surface area contributed by atoms with Crippen LogP contribution in [0.3, 0.4) is 0 Å². The number of nitrogens with one attached hydrogen (secondary N) is 1. The first kappa shape index (κ1) is 18.6. The van der Waals surface area contributed by atoms with Crippen LogP contribution in [0.15, 0.2) is 54.6 Å². The van der Waals surface area contributed by atoms with E-state index >= 15 is 0 Å². The number of amides is 1. The highest BCUT2D eigenvalue weighted by atomic mass is 19.1. The highest BCUT2D eigenvalue weighted by molar-refractivity contribution is 5.83. The van der Waals surface area contributed by atoms with Gasteiger partial charge >= 0.3 is 5.97 Å². The third-order valence-electron chi connectivity index (χ3n) is 4.14. The van der Waals surface area contributed by atoms with E-state index in [0.717, 1.165) is 5.56 Å². The molecule has 132 valence electrons. The maximum Gasteiger partial charge on any atom is 0.312 e. The van der Waals surface area contributed by atoms with E-state index in [2.05, 4.69) is 5.32 Å². The Morgan fingerprint density at radius 2 is 1.68 bits per heavy atom. The van der Waals surface area contributed by atoms with Gasteiger partial charge in [0.1, 0.15) is 5.82 Å². The molecule has 0 radical (unpaired) electrons. The van der Waals surface area contributed by atoms with Crippen LogP contribution in [0.1, 0.15) is 30.9 Å². The summed E-state index contributed by atoms with van der Waals surface area (Å²) in [5.41, 5.74) is 0.818. The van der Waals surface area contributed by atoms with Crippen molar-refractivity contribution in [1.82, 2.24) is 5.32 Å². The van der Waals surface area contributed by atoms with Crippen molar-refractivity contribution in [2.24, 2.45) is 5.41 Å². The molecule has 0 fully saturated rings. The third-order valence-corrected chi connectivity index (χ3v) is 4.14. The summed E-state index contributed by atoms with van der Waals surface area (Å²) in [5, 5.41) is 12.1. The van der Waals surface area contributed by atoms with Gasteiger partial charge in [-0.05, 0) is 29.7 Å². The van der Waals surface area contributed by atoms with Crippen LogP contribution in [0.2, 0.25) is 0 Å². The summed E-state index contributed by atoms with van der Waals surface area (Å²) >= 11 is 0. The molecular weight excluding hydrogens is 321 g/mol. The van der Waals surface area contributed by atoms with Gasteiger partial charge < -0.3 is 10.4 Å². The van der Waals surface area contributed by atoms with Crippen molar-refractivity contribution >= 4 is 11.9 Å². The van der Waals surface area contributed by atoms with E-state index in [1.807, 2.05) is 44.2 Å². The zero-order valence-electron chi connectivity index (χ0n) is 14.3. The average Bonchev–Trinajstić information content (AvgIpc) is 2.56. The molecule has 0 aromatic heterocycles. The zero-order valence-corrected chi connectivity index (χ0v) is 14.3. The van der Waals surface area contributed by atoms with Gasteiger partial charge in [-0.2, -0.15) is 0 Å². The lowest BCUT2D eigenvalue weighted by molar-refractivity contribution is -0.139. The molecule has 1 unspecified atom stereocenters. The fourth-order valence-electron chi connectivity index (χ4n) is 2.66. The fourth-order valence-corrected chi connectivity index (χ4v) is 2.66. The van der Waals surface area contributed by atoms with Gasteiger partial charge in [0.25, 0.3) is 0 Å². The van der Waals surface area contributed by atoms with Gasteiger partial charge in [0.15, 0.2) is 0 Å². The molecule has 2 N–H and O–H groups in total. The van der Waals surface area contributed by atoms with Gasteiger partial charge in [0, 0.05) is 12.0 Å². The predicted octanol–water partition coefficient (Wildman–Crippen LogP) is 3.38. The van der Waals surface area contributed by atoms with E-state index in [1.165, 1.54) is 24.3 Å². The van der Waals surface area contributed by atoms with E-state index in [-0.39, 0.29) is 12.5 Å². The minimum absolute atomic E-state index is 0.0436. The Labute approximate surface area is 146 Å². The SMILES string of the molecule is CC(C)(Cc1ccccc1)C(=O)NCC(C(=O)O)c1ccc(F)cc1. The van der Waals surface area contributed by atoms with Crippen molar-refractivity contribution < 1.29 is 19.1 Å². The third kappa shape index (κ3) is 5.14. The Balaban J connectivity index is 2.02. The molecule has 0 saturated heterocycles. The average molecular weight is 343 g/mol. The van der Waals surface area contributed by atoms with E-state index < -0.39 is 23.1 Å². The Morgan fingerprint density at radius 3 is 2.24 bits per heavy atom. The number of carbonyl (C=O) groups is 2.